The Bertz CT molecular complexity index is 393. The number of carbonyl (C=O) groups is 1. The molecule has 0 atom stereocenters. The topological polar surface area (TPSA) is 49.3 Å². The Kier molecular flexibility index (Phi) is 6.83. The van der Waals surface area contributed by atoms with E-state index in [-0.39, 0.29) is 12.5 Å². The van der Waals surface area contributed by atoms with Gasteiger partial charge in [-0.25, -0.2) is 0 Å². The molecule has 1 aromatic rings. The van der Waals surface area contributed by atoms with Crippen LogP contribution in [-0.2, 0) is 11.2 Å². The highest BCUT2D eigenvalue weighted by Gasteiger charge is 2.08. The Hall–Kier alpha value is -1.000. The largest absolute Gasteiger partial charge is 0.396 e. The summed E-state index contributed by atoms with van der Waals surface area (Å²) in [4.78, 5) is 11.8. The second-order valence-electron chi connectivity index (χ2n) is 4.14. The van der Waals surface area contributed by atoms with E-state index in [0.29, 0.717) is 5.75 Å². The minimum absolute atomic E-state index is 0.0296. The summed E-state index contributed by atoms with van der Waals surface area (Å²) in [5.41, 5.74) is 3.22. The van der Waals surface area contributed by atoms with Gasteiger partial charge in [-0.2, -0.15) is 11.8 Å². The van der Waals surface area contributed by atoms with Gasteiger partial charge in [0.25, 0.3) is 0 Å². The van der Waals surface area contributed by atoms with E-state index >= 15 is 0 Å². The van der Waals surface area contributed by atoms with Crippen molar-refractivity contribution in [1.29, 1.82) is 0 Å². The Balaban J connectivity index is 2.53. The number of benzene rings is 1. The molecule has 0 unspecified atom stereocenters. The maximum atomic E-state index is 11.8. The number of thioether (sulfide) groups is 1. The Morgan fingerprint density at radius 2 is 2.22 bits per heavy atom. The van der Waals surface area contributed by atoms with Crippen LogP contribution in [0, 0.1) is 6.92 Å². The first kappa shape index (κ1) is 15.1. The molecule has 0 aliphatic carbocycles. The number of aliphatic hydroxyl groups is 1. The summed E-state index contributed by atoms with van der Waals surface area (Å²) in [6.45, 7) is 4.28. The predicted octanol–water partition coefficient (Wildman–Crippen LogP) is 2.61. The van der Waals surface area contributed by atoms with Crippen molar-refractivity contribution in [2.45, 2.75) is 26.7 Å². The zero-order chi connectivity index (χ0) is 13.4. The van der Waals surface area contributed by atoms with Gasteiger partial charge in [-0.05, 0) is 36.6 Å². The molecule has 4 heteroatoms. The van der Waals surface area contributed by atoms with E-state index in [0.717, 1.165) is 29.8 Å². The van der Waals surface area contributed by atoms with E-state index in [1.807, 2.05) is 25.1 Å². The molecule has 18 heavy (non-hydrogen) atoms. The van der Waals surface area contributed by atoms with Crippen LogP contribution in [0.25, 0.3) is 0 Å². The number of para-hydroxylation sites is 1. The molecule has 0 radical (unpaired) electrons. The summed E-state index contributed by atoms with van der Waals surface area (Å²) >= 11 is 1.55. The molecule has 0 aliphatic rings. The first-order valence-corrected chi connectivity index (χ1v) is 7.41. The molecule has 0 saturated carbocycles. The molecular weight excluding hydrogens is 246 g/mol. The molecule has 1 amide bonds. The SMILES string of the molecule is CCc1cccc(C)c1NC(=O)CSCCCO. The summed E-state index contributed by atoms with van der Waals surface area (Å²) in [5, 5.41) is 11.6. The van der Waals surface area contributed by atoms with E-state index in [1.165, 1.54) is 5.56 Å². The number of carbonyl (C=O) groups excluding carboxylic acids is 1. The van der Waals surface area contributed by atoms with Gasteiger partial charge in [0, 0.05) is 12.3 Å². The summed E-state index contributed by atoms with van der Waals surface area (Å²) in [6.07, 6.45) is 1.65. The molecule has 100 valence electrons. The highest BCUT2D eigenvalue weighted by Crippen LogP contribution is 2.21. The quantitative estimate of drug-likeness (QED) is 0.747. The summed E-state index contributed by atoms with van der Waals surface area (Å²) in [5.74, 6) is 1.29. The summed E-state index contributed by atoms with van der Waals surface area (Å²) < 4.78 is 0. The zero-order valence-corrected chi connectivity index (χ0v) is 11.8. The van der Waals surface area contributed by atoms with Crippen LogP contribution in [-0.4, -0.2) is 29.1 Å². The number of aryl methyl sites for hydroxylation is 2. The Morgan fingerprint density at radius 1 is 1.44 bits per heavy atom. The fourth-order valence-corrected chi connectivity index (χ4v) is 2.44. The van der Waals surface area contributed by atoms with Gasteiger partial charge < -0.3 is 10.4 Å². The maximum Gasteiger partial charge on any atom is 0.234 e. The van der Waals surface area contributed by atoms with Crippen molar-refractivity contribution in [3.05, 3.63) is 29.3 Å². The van der Waals surface area contributed by atoms with Crippen molar-refractivity contribution >= 4 is 23.4 Å². The van der Waals surface area contributed by atoms with Gasteiger partial charge in [0.15, 0.2) is 0 Å². The molecule has 0 fully saturated rings. The Labute approximate surface area is 113 Å². The number of aliphatic hydroxyl groups excluding tert-OH is 1. The standard InChI is InChI=1S/C14H21NO2S/c1-3-12-7-4-6-11(2)14(12)15-13(17)10-18-9-5-8-16/h4,6-7,16H,3,5,8-10H2,1-2H3,(H,15,17). The number of amides is 1. The first-order valence-electron chi connectivity index (χ1n) is 6.26. The van der Waals surface area contributed by atoms with Crippen molar-refractivity contribution in [1.82, 2.24) is 0 Å². The maximum absolute atomic E-state index is 11.8. The molecule has 3 nitrogen and oxygen atoms in total. The molecule has 0 aliphatic heterocycles. The normalized spacial score (nSPS) is 10.4. The van der Waals surface area contributed by atoms with Crippen molar-refractivity contribution < 1.29 is 9.90 Å². The van der Waals surface area contributed by atoms with Crippen LogP contribution in [0.3, 0.4) is 0 Å². The van der Waals surface area contributed by atoms with Crippen LogP contribution in [0.2, 0.25) is 0 Å². The minimum Gasteiger partial charge on any atom is -0.396 e. The van der Waals surface area contributed by atoms with Crippen LogP contribution < -0.4 is 5.32 Å². The first-order chi connectivity index (χ1) is 8.69. The van der Waals surface area contributed by atoms with Crippen molar-refractivity contribution in [3.63, 3.8) is 0 Å². The molecule has 1 rings (SSSR count). The molecule has 0 spiro atoms. The number of hydrogen-bond acceptors (Lipinski definition) is 3. The van der Waals surface area contributed by atoms with E-state index in [1.54, 1.807) is 11.8 Å². The lowest BCUT2D eigenvalue weighted by molar-refractivity contribution is -0.113. The lowest BCUT2D eigenvalue weighted by Gasteiger charge is -2.12. The number of rotatable bonds is 7. The van der Waals surface area contributed by atoms with Gasteiger partial charge in [0.1, 0.15) is 0 Å². The van der Waals surface area contributed by atoms with Crippen molar-refractivity contribution in [2.24, 2.45) is 0 Å². The van der Waals surface area contributed by atoms with Gasteiger partial charge in [-0.15, -0.1) is 0 Å². The van der Waals surface area contributed by atoms with E-state index in [2.05, 4.69) is 12.2 Å². The average Bonchev–Trinajstić information content (AvgIpc) is 2.37. The van der Waals surface area contributed by atoms with Gasteiger partial charge in [-0.3, -0.25) is 4.79 Å². The van der Waals surface area contributed by atoms with Crippen LogP contribution in [0.1, 0.15) is 24.5 Å². The predicted molar refractivity (Wildman–Crippen MR) is 78.2 cm³/mol. The second-order valence-corrected chi connectivity index (χ2v) is 5.25. The van der Waals surface area contributed by atoms with Crippen LogP contribution in [0.5, 0.6) is 0 Å². The van der Waals surface area contributed by atoms with Crippen molar-refractivity contribution in [2.75, 3.05) is 23.4 Å². The Morgan fingerprint density at radius 3 is 2.89 bits per heavy atom. The molecule has 2 N–H and O–H groups in total. The fraction of sp³-hybridized carbons (Fsp3) is 0.500. The van der Waals surface area contributed by atoms with Gasteiger partial charge in [-0.1, -0.05) is 25.1 Å². The molecule has 0 saturated heterocycles. The second kappa shape index (κ2) is 8.16. The fourth-order valence-electron chi connectivity index (χ4n) is 1.71. The van der Waals surface area contributed by atoms with Gasteiger partial charge >= 0.3 is 0 Å². The van der Waals surface area contributed by atoms with E-state index in [9.17, 15) is 4.79 Å². The number of anilines is 1. The van der Waals surface area contributed by atoms with Crippen LogP contribution in [0.15, 0.2) is 18.2 Å². The molecule has 0 heterocycles. The third-order valence-electron chi connectivity index (χ3n) is 2.68. The lowest BCUT2D eigenvalue weighted by atomic mass is 10.1. The highest BCUT2D eigenvalue weighted by atomic mass is 32.2. The summed E-state index contributed by atoms with van der Waals surface area (Å²) in [7, 11) is 0. The molecule has 0 bridgehead atoms. The average molecular weight is 267 g/mol. The third kappa shape index (κ3) is 4.70. The van der Waals surface area contributed by atoms with Gasteiger partial charge in [0.05, 0.1) is 5.75 Å². The molecular formula is C14H21NO2S. The monoisotopic (exact) mass is 267 g/mol. The van der Waals surface area contributed by atoms with Crippen LogP contribution >= 0.6 is 11.8 Å². The zero-order valence-electron chi connectivity index (χ0n) is 11.0. The lowest BCUT2D eigenvalue weighted by Crippen LogP contribution is -2.16. The summed E-state index contributed by atoms with van der Waals surface area (Å²) in [6, 6.07) is 6.06. The smallest absolute Gasteiger partial charge is 0.234 e. The molecule has 1 aromatic carbocycles. The third-order valence-corrected chi connectivity index (χ3v) is 3.73. The molecule has 0 aromatic heterocycles. The van der Waals surface area contributed by atoms with Crippen molar-refractivity contribution in [3.8, 4) is 0 Å². The van der Waals surface area contributed by atoms with E-state index in [4.69, 9.17) is 5.11 Å². The van der Waals surface area contributed by atoms with Crippen LogP contribution in [0.4, 0.5) is 5.69 Å². The number of hydrogen-bond donors (Lipinski definition) is 2. The van der Waals surface area contributed by atoms with E-state index < -0.39 is 0 Å². The highest BCUT2D eigenvalue weighted by molar-refractivity contribution is 7.99. The minimum atomic E-state index is 0.0296. The van der Waals surface area contributed by atoms with Gasteiger partial charge in [0.2, 0.25) is 5.91 Å². The number of nitrogens with one attached hydrogen (secondary N) is 1.